The molecule has 160 valence electrons. The van der Waals surface area contributed by atoms with Crippen LogP contribution in [0.4, 0.5) is 11.5 Å². The quantitative estimate of drug-likeness (QED) is 0.544. The van der Waals surface area contributed by atoms with Gasteiger partial charge in [-0.1, -0.05) is 12.1 Å². The van der Waals surface area contributed by atoms with E-state index < -0.39 is 23.7 Å². The molecule has 2 amide bonds. The monoisotopic (exact) mass is 422 g/mol. The number of aromatic nitrogens is 3. The lowest BCUT2D eigenvalue weighted by Crippen LogP contribution is -2.41. The summed E-state index contributed by atoms with van der Waals surface area (Å²) in [5.74, 6) is -0.351. The number of aromatic amines is 1. The molecule has 1 fully saturated rings. The Labute approximate surface area is 176 Å². The highest BCUT2D eigenvalue weighted by molar-refractivity contribution is 5.90. The number of benzene rings is 1. The Bertz CT molecular complexity index is 1250. The van der Waals surface area contributed by atoms with Gasteiger partial charge < -0.3 is 20.9 Å². The summed E-state index contributed by atoms with van der Waals surface area (Å²) in [5, 5.41) is 2.97. The lowest BCUT2D eigenvalue weighted by Gasteiger charge is -2.32. The maximum atomic E-state index is 12.5. The van der Waals surface area contributed by atoms with Crippen molar-refractivity contribution in [3.63, 3.8) is 0 Å². The van der Waals surface area contributed by atoms with Gasteiger partial charge in [0.1, 0.15) is 12.4 Å². The van der Waals surface area contributed by atoms with Gasteiger partial charge in [-0.25, -0.2) is 9.78 Å². The predicted octanol–water partition coefficient (Wildman–Crippen LogP) is 0.425. The first kappa shape index (κ1) is 20.3. The number of carbonyl (C=O) groups excluding carboxylic acids is 2. The van der Waals surface area contributed by atoms with E-state index in [2.05, 4.69) is 15.3 Å². The number of nitrogens with one attached hydrogen (secondary N) is 2. The summed E-state index contributed by atoms with van der Waals surface area (Å²) in [5.41, 5.74) is 5.09. The number of H-pyrrole nitrogens is 1. The molecule has 1 aliphatic rings. The summed E-state index contributed by atoms with van der Waals surface area (Å²) < 4.78 is 0.858. The first-order valence-electron chi connectivity index (χ1n) is 9.94. The highest BCUT2D eigenvalue weighted by Gasteiger charge is 2.24. The third kappa shape index (κ3) is 4.32. The van der Waals surface area contributed by atoms with Crippen LogP contribution in [0.3, 0.4) is 0 Å². The van der Waals surface area contributed by atoms with Crippen LogP contribution in [0.25, 0.3) is 10.9 Å². The third-order valence-electron chi connectivity index (χ3n) is 5.37. The number of rotatable bonds is 5. The number of hydrogen-bond acceptors (Lipinski definition) is 6. The van der Waals surface area contributed by atoms with E-state index in [0.717, 1.165) is 24.0 Å². The van der Waals surface area contributed by atoms with Crippen LogP contribution in [0.1, 0.15) is 12.8 Å². The Balaban J connectivity index is 1.45. The molecule has 1 saturated heterocycles. The Morgan fingerprint density at radius 1 is 1.19 bits per heavy atom. The van der Waals surface area contributed by atoms with E-state index in [1.54, 1.807) is 36.4 Å². The smallest absolute Gasteiger partial charge is 0.329 e. The SMILES string of the molecule is NC(=O)C1CCCN(c2ccc(NC(=O)Cn3c(=O)[nH]c4ccccc4c3=O)cn2)C1. The topological polar surface area (TPSA) is 143 Å². The average Bonchev–Trinajstić information content (AvgIpc) is 2.77. The zero-order valence-corrected chi connectivity index (χ0v) is 16.7. The molecule has 0 spiro atoms. The molecule has 0 aliphatic carbocycles. The van der Waals surface area contributed by atoms with E-state index in [1.165, 1.54) is 6.20 Å². The number of nitrogens with zero attached hydrogens (tertiary/aromatic N) is 3. The molecule has 1 aromatic carbocycles. The summed E-state index contributed by atoms with van der Waals surface area (Å²) in [6.45, 7) is 0.866. The molecule has 0 radical (unpaired) electrons. The highest BCUT2D eigenvalue weighted by Crippen LogP contribution is 2.22. The molecule has 1 aliphatic heterocycles. The van der Waals surface area contributed by atoms with Crippen LogP contribution in [-0.4, -0.2) is 39.4 Å². The van der Waals surface area contributed by atoms with Crippen LogP contribution in [-0.2, 0) is 16.1 Å². The molecule has 3 heterocycles. The van der Waals surface area contributed by atoms with Gasteiger partial charge in [0.2, 0.25) is 11.8 Å². The van der Waals surface area contributed by atoms with Crippen molar-refractivity contribution < 1.29 is 9.59 Å². The second-order valence-corrected chi connectivity index (χ2v) is 7.51. The Morgan fingerprint density at radius 3 is 2.74 bits per heavy atom. The van der Waals surface area contributed by atoms with Gasteiger partial charge in [-0.15, -0.1) is 0 Å². The molecule has 31 heavy (non-hydrogen) atoms. The van der Waals surface area contributed by atoms with Crippen LogP contribution in [0.15, 0.2) is 52.2 Å². The van der Waals surface area contributed by atoms with Crippen LogP contribution < -0.4 is 27.2 Å². The summed E-state index contributed by atoms with van der Waals surface area (Å²) in [4.78, 5) is 57.6. The number of piperidine rings is 1. The fourth-order valence-corrected chi connectivity index (χ4v) is 3.75. The summed E-state index contributed by atoms with van der Waals surface area (Å²) in [7, 11) is 0. The number of pyridine rings is 1. The molecular formula is C21H22N6O4. The van der Waals surface area contributed by atoms with E-state index in [0.29, 0.717) is 29.0 Å². The number of amides is 2. The van der Waals surface area contributed by atoms with E-state index in [4.69, 9.17) is 5.73 Å². The second-order valence-electron chi connectivity index (χ2n) is 7.51. The number of hydrogen-bond donors (Lipinski definition) is 3. The Kier molecular flexibility index (Phi) is 5.52. The summed E-state index contributed by atoms with van der Waals surface area (Å²) >= 11 is 0. The van der Waals surface area contributed by atoms with Gasteiger partial charge in [-0.3, -0.25) is 19.0 Å². The van der Waals surface area contributed by atoms with E-state index in [1.807, 2.05) is 4.90 Å². The van der Waals surface area contributed by atoms with Crippen molar-refractivity contribution in [1.82, 2.24) is 14.5 Å². The van der Waals surface area contributed by atoms with Crippen molar-refractivity contribution in [2.45, 2.75) is 19.4 Å². The minimum absolute atomic E-state index is 0.201. The first-order chi connectivity index (χ1) is 14.9. The average molecular weight is 422 g/mol. The Morgan fingerprint density at radius 2 is 2.00 bits per heavy atom. The molecule has 3 aromatic rings. The molecule has 2 aromatic heterocycles. The third-order valence-corrected chi connectivity index (χ3v) is 5.37. The van der Waals surface area contributed by atoms with Crippen molar-refractivity contribution >= 4 is 34.2 Å². The molecule has 4 rings (SSSR count). The molecular weight excluding hydrogens is 400 g/mol. The number of carbonyl (C=O) groups is 2. The van der Waals surface area contributed by atoms with Crippen LogP contribution in [0.5, 0.6) is 0 Å². The fraction of sp³-hybridized carbons (Fsp3) is 0.286. The van der Waals surface area contributed by atoms with Gasteiger partial charge >= 0.3 is 5.69 Å². The van der Waals surface area contributed by atoms with Gasteiger partial charge in [0.05, 0.1) is 28.7 Å². The normalized spacial score (nSPS) is 16.3. The molecule has 0 saturated carbocycles. The van der Waals surface area contributed by atoms with E-state index >= 15 is 0 Å². The Hall–Kier alpha value is -3.95. The minimum atomic E-state index is -0.651. The van der Waals surface area contributed by atoms with Gasteiger partial charge in [-0.2, -0.15) is 0 Å². The van der Waals surface area contributed by atoms with E-state index in [9.17, 15) is 19.2 Å². The number of para-hydroxylation sites is 1. The highest BCUT2D eigenvalue weighted by atomic mass is 16.2. The first-order valence-corrected chi connectivity index (χ1v) is 9.94. The number of fused-ring (bicyclic) bond motifs is 1. The summed E-state index contributed by atoms with van der Waals surface area (Å²) in [6.07, 6.45) is 3.12. The molecule has 0 bridgehead atoms. The summed E-state index contributed by atoms with van der Waals surface area (Å²) in [6, 6.07) is 10.0. The molecule has 4 N–H and O–H groups in total. The largest absolute Gasteiger partial charge is 0.369 e. The number of anilines is 2. The fourth-order valence-electron chi connectivity index (χ4n) is 3.75. The van der Waals surface area contributed by atoms with Crippen molar-refractivity contribution in [1.29, 1.82) is 0 Å². The van der Waals surface area contributed by atoms with Crippen molar-refractivity contribution in [2.75, 3.05) is 23.3 Å². The van der Waals surface area contributed by atoms with Gasteiger partial charge in [-0.05, 0) is 37.1 Å². The molecule has 1 unspecified atom stereocenters. The molecule has 10 nitrogen and oxygen atoms in total. The van der Waals surface area contributed by atoms with Crippen LogP contribution in [0.2, 0.25) is 0 Å². The zero-order chi connectivity index (χ0) is 22.0. The lowest BCUT2D eigenvalue weighted by molar-refractivity contribution is -0.122. The standard InChI is InChI=1S/C21H22N6O4/c22-19(29)13-4-3-9-26(11-13)17-8-7-14(10-23-17)24-18(28)12-27-20(30)15-5-1-2-6-16(15)25-21(27)31/h1-2,5-8,10,13H,3-4,9,11-12H2,(H2,22,29)(H,24,28)(H,25,31). The number of nitrogens with two attached hydrogens (primary N) is 1. The van der Waals surface area contributed by atoms with Crippen molar-refractivity contribution in [3.05, 3.63) is 63.4 Å². The van der Waals surface area contributed by atoms with Gasteiger partial charge in [0, 0.05) is 13.1 Å². The van der Waals surface area contributed by atoms with Gasteiger partial charge in [0.15, 0.2) is 0 Å². The van der Waals surface area contributed by atoms with Gasteiger partial charge in [0.25, 0.3) is 5.56 Å². The zero-order valence-electron chi connectivity index (χ0n) is 16.7. The van der Waals surface area contributed by atoms with Crippen LogP contribution in [0, 0.1) is 5.92 Å². The van der Waals surface area contributed by atoms with Crippen molar-refractivity contribution in [2.24, 2.45) is 11.7 Å². The maximum absolute atomic E-state index is 12.5. The molecule has 10 heteroatoms. The maximum Gasteiger partial charge on any atom is 0.329 e. The predicted molar refractivity (Wildman–Crippen MR) is 116 cm³/mol. The van der Waals surface area contributed by atoms with E-state index in [-0.39, 0.29) is 11.8 Å². The number of primary amides is 1. The molecule has 1 atom stereocenters. The minimum Gasteiger partial charge on any atom is -0.369 e. The lowest BCUT2D eigenvalue weighted by atomic mass is 9.97. The van der Waals surface area contributed by atoms with Crippen molar-refractivity contribution in [3.8, 4) is 0 Å². The second kappa shape index (κ2) is 8.42. The van der Waals surface area contributed by atoms with Crippen LogP contribution >= 0.6 is 0 Å².